The molecule has 0 radical (unpaired) electrons. The first-order valence-electron chi connectivity index (χ1n) is 8.21. The van der Waals surface area contributed by atoms with E-state index in [1.54, 1.807) is 31.2 Å². The average molecular weight is 371 g/mol. The van der Waals surface area contributed by atoms with Gasteiger partial charge in [0.25, 0.3) is 5.69 Å². The third-order valence-corrected chi connectivity index (χ3v) is 4.18. The van der Waals surface area contributed by atoms with E-state index in [1.165, 1.54) is 13.2 Å². The third-order valence-electron chi connectivity index (χ3n) is 4.18. The number of esters is 1. The fraction of sp³-hybridized carbons (Fsp3) is 0.263. The summed E-state index contributed by atoms with van der Waals surface area (Å²) in [5.74, 6) is -0.919. The van der Waals surface area contributed by atoms with Gasteiger partial charge in [-0.2, -0.15) is 0 Å². The van der Waals surface area contributed by atoms with Crippen LogP contribution in [0, 0.1) is 30.9 Å². The summed E-state index contributed by atoms with van der Waals surface area (Å²) in [6.45, 7) is 5.30. The van der Waals surface area contributed by atoms with Gasteiger partial charge in [-0.25, -0.2) is 4.79 Å². The Hall–Kier alpha value is -3.42. The van der Waals surface area contributed by atoms with E-state index in [0.717, 1.165) is 16.7 Å². The second-order valence-corrected chi connectivity index (χ2v) is 6.13. The van der Waals surface area contributed by atoms with Crippen LogP contribution in [0.25, 0.3) is 0 Å². The molecule has 0 spiro atoms. The van der Waals surface area contributed by atoms with Crippen molar-refractivity contribution in [3.8, 4) is 0 Å². The summed E-state index contributed by atoms with van der Waals surface area (Å²) in [6.07, 6.45) is 0. The number of carbonyl (C=O) groups excluding carboxylic acids is 2. The molecule has 0 atom stereocenters. The van der Waals surface area contributed by atoms with E-state index in [0.29, 0.717) is 11.3 Å². The van der Waals surface area contributed by atoms with Crippen molar-refractivity contribution in [1.29, 1.82) is 0 Å². The highest BCUT2D eigenvalue weighted by molar-refractivity contribution is 5.96. The van der Waals surface area contributed by atoms with Gasteiger partial charge in [0.05, 0.1) is 24.1 Å². The van der Waals surface area contributed by atoms with E-state index < -0.39 is 16.8 Å². The minimum absolute atomic E-state index is 0.116. The number of carbonyl (C=O) groups is 2. The topological polar surface area (TPSA) is 111 Å². The highest BCUT2D eigenvalue weighted by Crippen LogP contribution is 2.28. The predicted octanol–water partition coefficient (Wildman–Crippen LogP) is 3.36. The number of hydrogen-bond acceptors (Lipinski definition) is 6. The number of nitro groups is 1. The molecule has 2 rings (SSSR count). The van der Waals surface area contributed by atoms with Crippen LogP contribution in [-0.4, -0.2) is 30.5 Å². The first kappa shape index (κ1) is 19.9. The molecular weight excluding hydrogens is 350 g/mol. The lowest BCUT2D eigenvalue weighted by atomic mass is 10.1. The maximum atomic E-state index is 12.3. The number of nitro benzene ring substituents is 1. The molecule has 0 saturated carbocycles. The van der Waals surface area contributed by atoms with Crippen molar-refractivity contribution in [3.63, 3.8) is 0 Å². The lowest BCUT2D eigenvalue weighted by Crippen LogP contribution is -2.23. The highest BCUT2D eigenvalue weighted by atomic mass is 16.6. The van der Waals surface area contributed by atoms with Crippen molar-refractivity contribution in [2.24, 2.45) is 0 Å². The van der Waals surface area contributed by atoms with Gasteiger partial charge in [0.15, 0.2) is 0 Å². The molecule has 0 saturated heterocycles. The van der Waals surface area contributed by atoms with Crippen molar-refractivity contribution in [3.05, 3.63) is 62.7 Å². The summed E-state index contributed by atoms with van der Waals surface area (Å²) in [4.78, 5) is 34.6. The van der Waals surface area contributed by atoms with Crippen LogP contribution in [0.1, 0.15) is 27.0 Å². The summed E-state index contributed by atoms with van der Waals surface area (Å²) in [5, 5.41) is 16.7. The number of methoxy groups -OCH3 is 1. The third kappa shape index (κ3) is 4.81. The van der Waals surface area contributed by atoms with Gasteiger partial charge < -0.3 is 15.4 Å². The minimum Gasteiger partial charge on any atom is -0.465 e. The van der Waals surface area contributed by atoms with Crippen molar-refractivity contribution >= 4 is 28.9 Å². The lowest BCUT2D eigenvalue weighted by Gasteiger charge is -2.12. The van der Waals surface area contributed by atoms with Crippen LogP contribution in [0.3, 0.4) is 0 Å². The average Bonchev–Trinajstić information content (AvgIpc) is 2.62. The van der Waals surface area contributed by atoms with E-state index in [-0.39, 0.29) is 17.9 Å². The minimum atomic E-state index is -0.528. The number of anilines is 2. The second-order valence-electron chi connectivity index (χ2n) is 6.13. The molecule has 0 aliphatic carbocycles. The molecule has 0 heterocycles. The molecule has 0 aromatic heterocycles. The van der Waals surface area contributed by atoms with Crippen LogP contribution in [0.15, 0.2) is 30.3 Å². The number of amides is 1. The van der Waals surface area contributed by atoms with Crippen LogP contribution < -0.4 is 10.6 Å². The molecule has 8 nitrogen and oxygen atoms in total. The summed E-state index contributed by atoms with van der Waals surface area (Å²) < 4.78 is 4.68. The summed E-state index contributed by atoms with van der Waals surface area (Å²) in [5.41, 5.74) is 3.40. The monoisotopic (exact) mass is 371 g/mol. The van der Waals surface area contributed by atoms with Crippen LogP contribution in [-0.2, 0) is 9.53 Å². The Labute approximate surface area is 156 Å². The van der Waals surface area contributed by atoms with Crippen molar-refractivity contribution < 1.29 is 19.2 Å². The van der Waals surface area contributed by atoms with Crippen molar-refractivity contribution in [2.75, 3.05) is 24.3 Å². The Kier molecular flexibility index (Phi) is 6.12. The number of ether oxygens (including phenoxy) is 1. The molecular formula is C19H21N3O5. The van der Waals surface area contributed by atoms with Crippen LogP contribution in [0.2, 0.25) is 0 Å². The Morgan fingerprint density at radius 2 is 1.70 bits per heavy atom. The first-order valence-corrected chi connectivity index (χ1v) is 8.21. The maximum Gasteiger partial charge on any atom is 0.337 e. The molecule has 0 aliphatic heterocycles. The molecule has 0 fully saturated rings. The van der Waals surface area contributed by atoms with Crippen LogP contribution in [0.4, 0.5) is 17.1 Å². The van der Waals surface area contributed by atoms with Crippen LogP contribution >= 0.6 is 0 Å². The number of nitrogens with one attached hydrogen (secondary N) is 2. The summed E-state index contributed by atoms with van der Waals surface area (Å²) >= 11 is 0. The Bertz CT molecular complexity index is 908. The molecule has 0 aliphatic rings. The molecule has 2 N–H and O–H groups in total. The zero-order valence-electron chi connectivity index (χ0n) is 15.6. The second kappa shape index (κ2) is 8.31. The maximum absolute atomic E-state index is 12.3. The Balaban J connectivity index is 2.13. The standard InChI is InChI=1S/C19H21N3O5/c1-11-5-6-14(19(24)27-4)9-15(11)20-10-18(23)21-16-7-12(2)13(3)8-17(16)22(25)26/h5-9,20H,10H2,1-4H3,(H,21,23). The Morgan fingerprint density at radius 3 is 2.33 bits per heavy atom. The normalized spacial score (nSPS) is 10.2. The van der Waals surface area contributed by atoms with Gasteiger partial charge in [-0.15, -0.1) is 0 Å². The number of aryl methyl sites for hydroxylation is 3. The smallest absolute Gasteiger partial charge is 0.337 e. The van der Waals surface area contributed by atoms with Crippen LogP contribution in [0.5, 0.6) is 0 Å². The Morgan fingerprint density at radius 1 is 1.04 bits per heavy atom. The zero-order chi connectivity index (χ0) is 20.1. The van der Waals surface area contributed by atoms with E-state index in [4.69, 9.17) is 0 Å². The van der Waals surface area contributed by atoms with E-state index >= 15 is 0 Å². The number of nitrogens with zero attached hydrogens (tertiary/aromatic N) is 1. The molecule has 0 unspecified atom stereocenters. The van der Waals surface area contributed by atoms with Gasteiger partial charge in [-0.1, -0.05) is 6.07 Å². The van der Waals surface area contributed by atoms with Gasteiger partial charge in [0, 0.05) is 11.8 Å². The fourth-order valence-electron chi connectivity index (χ4n) is 2.48. The van der Waals surface area contributed by atoms with Crippen molar-refractivity contribution in [2.45, 2.75) is 20.8 Å². The number of benzene rings is 2. The van der Waals surface area contributed by atoms with Gasteiger partial charge in [0.2, 0.25) is 5.91 Å². The zero-order valence-corrected chi connectivity index (χ0v) is 15.6. The molecule has 27 heavy (non-hydrogen) atoms. The molecule has 1 amide bonds. The number of hydrogen-bond donors (Lipinski definition) is 2. The quantitative estimate of drug-likeness (QED) is 0.458. The summed E-state index contributed by atoms with van der Waals surface area (Å²) in [6, 6.07) is 7.97. The molecule has 2 aromatic carbocycles. The SMILES string of the molecule is COC(=O)c1ccc(C)c(NCC(=O)Nc2cc(C)c(C)cc2[N+](=O)[O-])c1. The number of rotatable bonds is 6. The van der Waals surface area contributed by atoms with E-state index in [9.17, 15) is 19.7 Å². The highest BCUT2D eigenvalue weighted by Gasteiger charge is 2.17. The van der Waals surface area contributed by atoms with E-state index in [2.05, 4.69) is 15.4 Å². The predicted molar refractivity (Wildman–Crippen MR) is 102 cm³/mol. The van der Waals surface area contributed by atoms with Gasteiger partial charge in [0.1, 0.15) is 5.69 Å². The molecule has 142 valence electrons. The largest absolute Gasteiger partial charge is 0.465 e. The molecule has 8 heteroatoms. The fourth-order valence-corrected chi connectivity index (χ4v) is 2.48. The van der Waals surface area contributed by atoms with Gasteiger partial charge in [-0.05, 0) is 55.7 Å². The van der Waals surface area contributed by atoms with Gasteiger partial charge >= 0.3 is 5.97 Å². The lowest BCUT2D eigenvalue weighted by molar-refractivity contribution is -0.384. The summed E-state index contributed by atoms with van der Waals surface area (Å²) in [7, 11) is 1.29. The molecule has 2 aromatic rings. The van der Waals surface area contributed by atoms with Gasteiger partial charge in [-0.3, -0.25) is 14.9 Å². The van der Waals surface area contributed by atoms with Crippen molar-refractivity contribution in [1.82, 2.24) is 0 Å². The first-order chi connectivity index (χ1) is 12.7. The molecule has 0 bridgehead atoms. The van der Waals surface area contributed by atoms with E-state index in [1.807, 2.05) is 13.8 Å².